The summed E-state index contributed by atoms with van der Waals surface area (Å²) in [6.07, 6.45) is -0.366. The van der Waals surface area contributed by atoms with Gasteiger partial charge in [0, 0.05) is 23.7 Å². The maximum atomic E-state index is 14.6. The van der Waals surface area contributed by atoms with Crippen LogP contribution in [-0.2, 0) is 17.8 Å². The van der Waals surface area contributed by atoms with Crippen LogP contribution in [-0.4, -0.2) is 17.1 Å². The fourth-order valence-electron chi connectivity index (χ4n) is 3.60. The number of rotatable bonds is 4. The molecular formula is C22H14Cl2F2N2O3. The molecule has 0 atom stereocenters. The highest BCUT2D eigenvalue weighted by atomic mass is 35.5. The molecule has 5 nitrogen and oxygen atoms in total. The van der Waals surface area contributed by atoms with E-state index in [2.05, 4.69) is 5.32 Å². The number of hydrogen-bond donors (Lipinski definition) is 2. The van der Waals surface area contributed by atoms with E-state index in [0.29, 0.717) is 22.4 Å². The fraction of sp³-hybridized carbons (Fsp3) is 0.0909. The Morgan fingerprint density at radius 2 is 1.77 bits per heavy atom. The largest absolute Gasteiger partial charge is 0.481 e. The minimum atomic E-state index is -1.10. The van der Waals surface area contributed by atoms with Gasteiger partial charge < -0.3 is 10.4 Å². The second kappa shape index (κ2) is 8.17. The number of fused-ring (bicyclic) bond motifs is 1. The molecule has 0 unspecified atom stereocenters. The number of carboxylic acid groups (broad SMARTS) is 1. The zero-order valence-corrected chi connectivity index (χ0v) is 17.3. The summed E-state index contributed by atoms with van der Waals surface area (Å²) in [4.78, 5) is 25.4. The van der Waals surface area contributed by atoms with Gasteiger partial charge in [-0.1, -0.05) is 29.3 Å². The summed E-state index contributed by atoms with van der Waals surface area (Å²) >= 11 is 12.6. The van der Waals surface area contributed by atoms with Gasteiger partial charge in [-0.3, -0.25) is 9.69 Å². The Labute approximate surface area is 185 Å². The smallest absolute Gasteiger partial charge is 0.326 e. The Hall–Kier alpha value is -3.16. The standard InChI is InChI=1S/C22H14Cl2F2N2O3/c23-16-2-1-3-17(24)21(16)28-19-7-11(8-20(29)30)6-14(15(19)10-27-22(28)31)13-5-4-12(25)9-18(13)26/h1-7,9H,8,10H2,(H,27,31)(H,29,30). The van der Waals surface area contributed by atoms with Gasteiger partial charge in [-0.2, -0.15) is 0 Å². The van der Waals surface area contributed by atoms with Crippen molar-refractivity contribution in [2.45, 2.75) is 13.0 Å². The van der Waals surface area contributed by atoms with Gasteiger partial charge in [-0.05, 0) is 47.5 Å². The molecular weight excluding hydrogens is 449 g/mol. The summed E-state index contributed by atoms with van der Waals surface area (Å²) in [5.74, 6) is -2.66. The van der Waals surface area contributed by atoms with E-state index in [0.717, 1.165) is 12.1 Å². The first-order valence-electron chi connectivity index (χ1n) is 9.11. The van der Waals surface area contributed by atoms with Crippen LogP contribution in [0.5, 0.6) is 0 Å². The van der Waals surface area contributed by atoms with Crippen LogP contribution in [0.15, 0.2) is 48.5 Å². The summed E-state index contributed by atoms with van der Waals surface area (Å²) in [7, 11) is 0. The Morgan fingerprint density at radius 3 is 2.42 bits per heavy atom. The molecule has 2 amide bonds. The minimum absolute atomic E-state index is 0.0479. The van der Waals surface area contributed by atoms with E-state index in [1.54, 1.807) is 18.2 Å². The van der Waals surface area contributed by atoms with Crippen molar-refractivity contribution in [1.29, 1.82) is 0 Å². The van der Waals surface area contributed by atoms with E-state index < -0.39 is 23.6 Å². The highest BCUT2D eigenvalue weighted by molar-refractivity contribution is 6.40. The summed E-state index contributed by atoms with van der Waals surface area (Å²) in [6, 6.07) is 10.4. The number of anilines is 2. The molecule has 31 heavy (non-hydrogen) atoms. The second-order valence-corrected chi connectivity index (χ2v) is 7.71. The first-order valence-corrected chi connectivity index (χ1v) is 9.87. The number of nitrogens with one attached hydrogen (secondary N) is 1. The lowest BCUT2D eigenvalue weighted by atomic mass is 9.92. The summed E-state index contributed by atoms with van der Waals surface area (Å²) in [5, 5.41) is 12.4. The highest BCUT2D eigenvalue weighted by Gasteiger charge is 2.31. The molecule has 0 fully saturated rings. The van der Waals surface area contributed by atoms with Gasteiger partial charge in [0.1, 0.15) is 11.6 Å². The van der Waals surface area contributed by atoms with Gasteiger partial charge in [-0.25, -0.2) is 13.6 Å². The monoisotopic (exact) mass is 462 g/mol. The highest BCUT2D eigenvalue weighted by Crippen LogP contribution is 2.44. The summed E-state index contributed by atoms with van der Waals surface area (Å²) in [6.45, 7) is 0.0479. The van der Waals surface area contributed by atoms with Crippen molar-refractivity contribution in [3.05, 3.63) is 81.3 Å². The number of carbonyl (C=O) groups excluding carboxylic acids is 1. The van der Waals surface area contributed by atoms with E-state index in [9.17, 15) is 23.5 Å². The molecule has 3 aromatic rings. The van der Waals surface area contributed by atoms with Crippen LogP contribution in [0.1, 0.15) is 11.1 Å². The third-order valence-electron chi connectivity index (χ3n) is 4.88. The number of amides is 2. The van der Waals surface area contributed by atoms with Crippen molar-refractivity contribution in [1.82, 2.24) is 5.32 Å². The van der Waals surface area contributed by atoms with Gasteiger partial charge >= 0.3 is 12.0 Å². The molecule has 0 saturated heterocycles. The molecule has 3 aromatic carbocycles. The van der Waals surface area contributed by atoms with Crippen LogP contribution in [0.2, 0.25) is 10.0 Å². The number of para-hydroxylation sites is 1. The molecule has 1 aliphatic rings. The van der Waals surface area contributed by atoms with E-state index in [1.807, 2.05) is 0 Å². The number of carboxylic acids is 1. The minimum Gasteiger partial charge on any atom is -0.481 e. The lowest BCUT2D eigenvalue weighted by molar-refractivity contribution is -0.136. The number of hydrogen-bond acceptors (Lipinski definition) is 2. The number of nitrogens with zero attached hydrogens (tertiary/aromatic N) is 1. The Morgan fingerprint density at radius 1 is 1.06 bits per heavy atom. The maximum Gasteiger partial charge on any atom is 0.326 e. The second-order valence-electron chi connectivity index (χ2n) is 6.90. The van der Waals surface area contributed by atoms with Crippen molar-refractivity contribution in [3.8, 4) is 11.1 Å². The molecule has 158 valence electrons. The number of urea groups is 1. The molecule has 9 heteroatoms. The van der Waals surface area contributed by atoms with Crippen LogP contribution in [0.4, 0.5) is 25.0 Å². The van der Waals surface area contributed by atoms with Gasteiger partial charge in [0.15, 0.2) is 0 Å². The fourth-order valence-corrected chi connectivity index (χ4v) is 4.17. The first kappa shape index (κ1) is 21.1. The van der Waals surface area contributed by atoms with Crippen LogP contribution in [0.3, 0.4) is 0 Å². The van der Waals surface area contributed by atoms with Crippen LogP contribution >= 0.6 is 23.2 Å². The molecule has 0 saturated carbocycles. The predicted octanol–water partition coefficient (Wildman–Crippen LogP) is 5.93. The number of halogens is 4. The number of benzene rings is 3. The Kier molecular flexibility index (Phi) is 5.56. The Balaban J connectivity index is 2.01. The Bertz CT molecular complexity index is 1210. The molecule has 0 aromatic heterocycles. The van der Waals surface area contributed by atoms with E-state index in [1.165, 1.54) is 23.1 Å². The lowest BCUT2D eigenvalue weighted by Crippen LogP contribution is -2.41. The number of aliphatic carboxylic acids is 1. The van der Waals surface area contributed by atoms with Crippen LogP contribution < -0.4 is 10.2 Å². The summed E-state index contributed by atoms with van der Waals surface area (Å²) in [5.41, 5.74) is 1.77. The van der Waals surface area contributed by atoms with Gasteiger partial charge in [0.05, 0.1) is 27.8 Å². The molecule has 1 aliphatic heterocycles. The van der Waals surface area contributed by atoms with E-state index in [-0.39, 0.29) is 34.3 Å². The van der Waals surface area contributed by atoms with Crippen LogP contribution in [0, 0.1) is 11.6 Å². The van der Waals surface area contributed by atoms with Crippen molar-refractivity contribution >= 4 is 46.6 Å². The lowest BCUT2D eigenvalue weighted by Gasteiger charge is -2.33. The third kappa shape index (κ3) is 3.94. The van der Waals surface area contributed by atoms with Crippen molar-refractivity contribution in [2.24, 2.45) is 0 Å². The molecule has 2 N–H and O–H groups in total. The molecule has 4 rings (SSSR count). The summed E-state index contributed by atoms with van der Waals surface area (Å²) < 4.78 is 28.1. The van der Waals surface area contributed by atoms with E-state index >= 15 is 0 Å². The molecule has 0 radical (unpaired) electrons. The molecule has 0 bridgehead atoms. The van der Waals surface area contributed by atoms with Gasteiger partial charge in [-0.15, -0.1) is 0 Å². The van der Waals surface area contributed by atoms with Gasteiger partial charge in [0.2, 0.25) is 0 Å². The zero-order chi connectivity index (χ0) is 22.3. The van der Waals surface area contributed by atoms with Crippen molar-refractivity contribution in [3.63, 3.8) is 0 Å². The quantitative estimate of drug-likeness (QED) is 0.504. The topological polar surface area (TPSA) is 69.6 Å². The average molecular weight is 463 g/mol. The molecule has 1 heterocycles. The first-order chi connectivity index (χ1) is 14.8. The predicted molar refractivity (Wildman–Crippen MR) is 114 cm³/mol. The SMILES string of the molecule is O=C(O)Cc1cc(-c2ccc(F)cc2F)c2c(c1)N(c1c(Cl)cccc1Cl)C(=O)NC2. The zero-order valence-electron chi connectivity index (χ0n) is 15.8. The normalized spacial score (nSPS) is 13.0. The number of carbonyl (C=O) groups is 2. The molecule has 0 spiro atoms. The van der Waals surface area contributed by atoms with Gasteiger partial charge in [0.25, 0.3) is 0 Å². The van der Waals surface area contributed by atoms with E-state index in [4.69, 9.17) is 23.2 Å². The van der Waals surface area contributed by atoms with Crippen molar-refractivity contribution in [2.75, 3.05) is 4.90 Å². The van der Waals surface area contributed by atoms with Crippen LogP contribution in [0.25, 0.3) is 11.1 Å². The average Bonchev–Trinajstić information content (AvgIpc) is 2.68. The third-order valence-corrected chi connectivity index (χ3v) is 5.49. The van der Waals surface area contributed by atoms with Crippen molar-refractivity contribution < 1.29 is 23.5 Å². The molecule has 0 aliphatic carbocycles. The maximum absolute atomic E-state index is 14.6.